The van der Waals surface area contributed by atoms with Gasteiger partial charge in [0.05, 0.1) is 0 Å². The fraction of sp³-hybridized carbons (Fsp3) is 0.143. The molecule has 0 bridgehead atoms. The van der Waals surface area contributed by atoms with Gasteiger partial charge in [-0.15, -0.1) is 0 Å². The van der Waals surface area contributed by atoms with E-state index in [1.165, 1.54) is 0 Å². The molecule has 0 aliphatic rings. The van der Waals surface area contributed by atoms with E-state index in [2.05, 4.69) is 35.9 Å². The zero-order chi connectivity index (χ0) is 9.42. The summed E-state index contributed by atoms with van der Waals surface area (Å²) in [4.78, 5) is 25.3. The molecule has 5 nitrogen and oxygen atoms in total. The summed E-state index contributed by atoms with van der Waals surface area (Å²) in [6.07, 6.45) is 0.591. The molecule has 66 valence electrons. The highest BCUT2D eigenvalue weighted by molar-refractivity contribution is 9.10. The van der Waals surface area contributed by atoms with E-state index < -0.39 is 0 Å². The number of H-pyrrole nitrogens is 1. The van der Waals surface area contributed by atoms with Crippen molar-refractivity contribution in [3.05, 3.63) is 16.3 Å². The third-order valence-electron chi connectivity index (χ3n) is 1.55. The molecule has 2 aromatic rings. The van der Waals surface area contributed by atoms with Crippen LogP contribution >= 0.6 is 15.9 Å². The van der Waals surface area contributed by atoms with Crippen LogP contribution in [0, 0.1) is 6.92 Å². The molecule has 2 heterocycles. The lowest BCUT2D eigenvalue weighted by atomic mass is 10.5. The summed E-state index contributed by atoms with van der Waals surface area (Å²) in [6, 6.07) is 0. The molecule has 0 saturated heterocycles. The molecule has 6 heteroatoms. The van der Waals surface area contributed by atoms with Crippen molar-refractivity contribution in [3.63, 3.8) is 0 Å². The Bertz CT molecular complexity index is 479. The lowest BCUT2D eigenvalue weighted by molar-refractivity contribution is 0.111. The van der Waals surface area contributed by atoms with E-state index in [4.69, 9.17) is 0 Å². The number of aromatic amines is 1. The molecule has 1 N–H and O–H groups in total. The van der Waals surface area contributed by atoms with Crippen molar-refractivity contribution in [1.29, 1.82) is 0 Å². The van der Waals surface area contributed by atoms with Crippen molar-refractivity contribution in [3.8, 4) is 0 Å². The number of carbonyl (C=O) groups is 1. The van der Waals surface area contributed by atoms with Gasteiger partial charge in [0.25, 0.3) is 0 Å². The zero-order valence-electron chi connectivity index (χ0n) is 6.71. The second kappa shape index (κ2) is 2.88. The number of halogens is 1. The SMILES string of the molecule is Cc1nc2nc(C=O)nc(Br)c2[nH]1. The van der Waals surface area contributed by atoms with Crippen LogP contribution in [0.1, 0.15) is 16.4 Å². The van der Waals surface area contributed by atoms with E-state index in [0.29, 0.717) is 22.1 Å². The van der Waals surface area contributed by atoms with Gasteiger partial charge >= 0.3 is 0 Å². The van der Waals surface area contributed by atoms with E-state index >= 15 is 0 Å². The van der Waals surface area contributed by atoms with Crippen LogP contribution in [-0.2, 0) is 0 Å². The van der Waals surface area contributed by atoms with E-state index in [0.717, 1.165) is 5.82 Å². The normalized spacial score (nSPS) is 10.6. The predicted molar refractivity (Wildman–Crippen MR) is 49.5 cm³/mol. The number of carbonyl (C=O) groups excluding carboxylic acids is 1. The third-order valence-corrected chi connectivity index (χ3v) is 2.12. The summed E-state index contributed by atoms with van der Waals surface area (Å²) in [7, 11) is 0. The predicted octanol–water partition coefficient (Wildman–Crippen LogP) is 1.24. The first-order valence-electron chi connectivity index (χ1n) is 3.56. The van der Waals surface area contributed by atoms with Crippen molar-refractivity contribution in [1.82, 2.24) is 19.9 Å². The maximum atomic E-state index is 10.4. The van der Waals surface area contributed by atoms with Gasteiger partial charge in [-0.3, -0.25) is 4.79 Å². The van der Waals surface area contributed by atoms with Crippen molar-refractivity contribution in [2.24, 2.45) is 0 Å². The van der Waals surface area contributed by atoms with Gasteiger partial charge in [0.2, 0.25) is 0 Å². The second-order valence-electron chi connectivity index (χ2n) is 2.51. The van der Waals surface area contributed by atoms with Gasteiger partial charge < -0.3 is 4.98 Å². The Morgan fingerprint density at radius 3 is 2.85 bits per heavy atom. The highest BCUT2D eigenvalue weighted by atomic mass is 79.9. The second-order valence-corrected chi connectivity index (χ2v) is 3.26. The average molecular weight is 241 g/mol. The standard InChI is InChI=1S/C7H5BrN4O/c1-3-9-5-6(8)11-4(2-13)12-7(5)10-3/h2H,1H3,(H,9,10,11,12). The number of nitrogens with zero attached hydrogens (tertiary/aromatic N) is 3. The van der Waals surface area contributed by atoms with Crippen LogP contribution in [0.15, 0.2) is 4.60 Å². The highest BCUT2D eigenvalue weighted by Gasteiger charge is 2.08. The molecule has 0 aliphatic carbocycles. The van der Waals surface area contributed by atoms with Crippen LogP contribution in [0.4, 0.5) is 0 Å². The zero-order valence-corrected chi connectivity index (χ0v) is 8.29. The van der Waals surface area contributed by atoms with Crippen LogP contribution in [0.5, 0.6) is 0 Å². The Morgan fingerprint density at radius 2 is 2.15 bits per heavy atom. The molecule has 0 atom stereocenters. The Kier molecular flexibility index (Phi) is 1.84. The molecule has 0 saturated carbocycles. The first-order valence-corrected chi connectivity index (χ1v) is 4.35. The number of aldehydes is 1. The molecule has 0 unspecified atom stereocenters. The van der Waals surface area contributed by atoms with Crippen LogP contribution in [0.2, 0.25) is 0 Å². The van der Waals surface area contributed by atoms with E-state index in [1.807, 2.05) is 6.92 Å². The quantitative estimate of drug-likeness (QED) is 0.602. The summed E-state index contributed by atoms with van der Waals surface area (Å²) in [6.45, 7) is 1.81. The minimum absolute atomic E-state index is 0.130. The van der Waals surface area contributed by atoms with Gasteiger partial charge in [0.1, 0.15) is 15.9 Å². The van der Waals surface area contributed by atoms with Gasteiger partial charge in [-0.1, -0.05) is 0 Å². The van der Waals surface area contributed by atoms with E-state index in [-0.39, 0.29) is 5.82 Å². The summed E-state index contributed by atoms with van der Waals surface area (Å²) >= 11 is 3.22. The smallest absolute Gasteiger partial charge is 0.195 e. The summed E-state index contributed by atoms with van der Waals surface area (Å²) in [5.41, 5.74) is 1.21. The van der Waals surface area contributed by atoms with Crippen LogP contribution in [0.25, 0.3) is 11.2 Å². The van der Waals surface area contributed by atoms with Crippen LogP contribution < -0.4 is 0 Å². The molecule has 0 spiro atoms. The van der Waals surface area contributed by atoms with Crippen molar-refractivity contribution in [2.75, 3.05) is 0 Å². The molecular weight excluding hydrogens is 236 g/mol. The maximum Gasteiger partial charge on any atom is 0.195 e. The lowest BCUT2D eigenvalue weighted by Crippen LogP contribution is -1.93. The van der Waals surface area contributed by atoms with E-state index in [9.17, 15) is 4.79 Å². The Balaban J connectivity index is 2.82. The fourth-order valence-corrected chi connectivity index (χ4v) is 1.51. The molecule has 0 aromatic carbocycles. The van der Waals surface area contributed by atoms with Crippen molar-refractivity contribution in [2.45, 2.75) is 6.92 Å². The Morgan fingerprint density at radius 1 is 1.38 bits per heavy atom. The van der Waals surface area contributed by atoms with Gasteiger partial charge in [-0.25, -0.2) is 15.0 Å². The summed E-state index contributed by atoms with van der Waals surface area (Å²) < 4.78 is 0.556. The fourth-order valence-electron chi connectivity index (χ4n) is 1.05. The summed E-state index contributed by atoms with van der Waals surface area (Å²) in [5.74, 6) is 0.874. The molecule has 0 amide bonds. The number of rotatable bonds is 1. The number of hydrogen-bond donors (Lipinski definition) is 1. The molecule has 2 rings (SSSR count). The summed E-state index contributed by atoms with van der Waals surface area (Å²) in [5, 5.41) is 0. The third kappa shape index (κ3) is 1.33. The first-order chi connectivity index (χ1) is 6.20. The molecular formula is C7H5BrN4O. The minimum atomic E-state index is 0.130. The maximum absolute atomic E-state index is 10.4. The molecule has 0 fully saturated rings. The number of imidazole rings is 1. The van der Waals surface area contributed by atoms with Gasteiger partial charge in [0, 0.05) is 0 Å². The molecule has 2 aromatic heterocycles. The van der Waals surface area contributed by atoms with Crippen molar-refractivity contribution >= 4 is 33.4 Å². The number of nitrogens with one attached hydrogen (secondary N) is 1. The molecule has 13 heavy (non-hydrogen) atoms. The Hall–Kier alpha value is -1.30. The van der Waals surface area contributed by atoms with Gasteiger partial charge in [-0.2, -0.15) is 0 Å². The lowest BCUT2D eigenvalue weighted by Gasteiger charge is -1.92. The van der Waals surface area contributed by atoms with Gasteiger partial charge in [-0.05, 0) is 22.9 Å². The highest BCUT2D eigenvalue weighted by Crippen LogP contribution is 2.17. The topological polar surface area (TPSA) is 71.5 Å². The first kappa shape index (κ1) is 8.31. The number of fused-ring (bicyclic) bond motifs is 1. The largest absolute Gasteiger partial charge is 0.339 e. The molecule has 0 radical (unpaired) electrons. The Labute approximate surface area is 81.7 Å². The number of aryl methyl sites for hydroxylation is 1. The minimum Gasteiger partial charge on any atom is -0.339 e. The van der Waals surface area contributed by atoms with Gasteiger partial charge in [0.15, 0.2) is 17.8 Å². The average Bonchev–Trinajstić information content (AvgIpc) is 2.46. The van der Waals surface area contributed by atoms with Crippen LogP contribution in [0.3, 0.4) is 0 Å². The number of hydrogen-bond acceptors (Lipinski definition) is 4. The number of aromatic nitrogens is 4. The monoisotopic (exact) mass is 240 g/mol. The van der Waals surface area contributed by atoms with E-state index in [1.54, 1.807) is 0 Å². The van der Waals surface area contributed by atoms with Crippen molar-refractivity contribution < 1.29 is 4.79 Å². The van der Waals surface area contributed by atoms with Crippen LogP contribution in [-0.4, -0.2) is 26.2 Å². The molecule has 0 aliphatic heterocycles.